The summed E-state index contributed by atoms with van der Waals surface area (Å²) in [4.78, 5) is 33.3. The van der Waals surface area contributed by atoms with Crippen LogP contribution < -0.4 is 0 Å². The molecule has 0 aliphatic carbocycles. The predicted molar refractivity (Wildman–Crippen MR) is 76.7 cm³/mol. The summed E-state index contributed by atoms with van der Waals surface area (Å²) in [6.07, 6.45) is -3.85. The molecular formula is C14H17NO8. The Labute approximate surface area is 131 Å². The molecule has 0 aliphatic rings. The highest BCUT2D eigenvalue weighted by molar-refractivity contribution is 5.90. The third kappa shape index (κ3) is 4.47. The number of aliphatic hydroxyl groups is 2. The highest BCUT2D eigenvalue weighted by atomic mass is 16.6. The van der Waals surface area contributed by atoms with E-state index in [0.29, 0.717) is 0 Å². The van der Waals surface area contributed by atoms with Crippen LogP contribution in [0.15, 0.2) is 18.2 Å². The minimum Gasteiger partial charge on any atom is -0.464 e. The predicted octanol–water partition coefficient (Wildman–Crippen LogP) is 0.729. The van der Waals surface area contributed by atoms with E-state index in [-0.39, 0.29) is 24.3 Å². The Morgan fingerprint density at radius 1 is 1.22 bits per heavy atom. The average Bonchev–Trinajstić information content (AvgIpc) is 2.53. The Morgan fingerprint density at radius 2 is 1.83 bits per heavy atom. The molecular weight excluding hydrogens is 310 g/mol. The number of benzene rings is 1. The standard InChI is InChI=1S/C14H17NO8/c1-3-22-13(18)8-5-6-9(10(7-8)15(20)21)11(16)12(17)14(19)23-4-2/h5-7,11-12,16-17H,3-4H2,1-2H3. The number of carbonyl (C=O) groups is 2. The summed E-state index contributed by atoms with van der Waals surface area (Å²) in [7, 11) is 0. The number of hydrogen-bond acceptors (Lipinski definition) is 8. The molecule has 1 rings (SSSR count). The number of nitro groups is 1. The molecule has 23 heavy (non-hydrogen) atoms. The van der Waals surface area contributed by atoms with Gasteiger partial charge in [-0.05, 0) is 26.0 Å². The van der Waals surface area contributed by atoms with Crippen molar-refractivity contribution in [2.75, 3.05) is 13.2 Å². The van der Waals surface area contributed by atoms with Crippen LogP contribution in [-0.2, 0) is 14.3 Å². The molecule has 0 heterocycles. The summed E-state index contributed by atoms with van der Waals surface area (Å²) < 4.78 is 9.28. The van der Waals surface area contributed by atoms with Crippen LogP contribution in [0.1, 0.15) is 35.9 Å². The Balaban J connectivity index is 3.18. The molecule has 126 valence electrons. The molecule has 2 unspecified atom stereocenters. The van der Waals surface area contributed by atoms with Crippen LogP contribution in [0.3, 0.4) is 0 Å². The fourth-order valence-electron chi connectivity index (χ4n) is 1.82. The van der Waals surface area contributed by atoms with E-state index in [2.05, 4.69) is 4.74 Å². The smallest absolute Gasteiger partial charge is 0.338 e. The number of aliphatic hydroxyl groups excluding tert-OH is 2. The quantitative estimate of drug-likeness (QED) is 0.425. The SMILES string of the molecule is CCOC(=O)c1ccc(C(O)C(O)C(=O)OCC)c([N+](=O)[O-])c1. The summed E-state index contributed by atoms with van der Waals surface area (Å²) in [5.41, 5.74) is -1.02. The summed E-state index contributed by atoms with van der Waals surface area (Å²) >= 11 is 0. The van der Waals surface area contributed by atoms with Crippen LogP contribution in [0.4, 0.5) is 5.69 Å². The number of nitro benzene ring substituents is 1. The zero-order chi connectivity index (χ0) is 17.6. The van der Waals surface area contributed by atoms with E-state index in [1.807, 2.05) is 0 Å². The van der Waals surface area contributed by atoms with Gasteiger partial charge >= 0.3 is 11.9 Å². The fraction of sp³-hybridized carbons (Fsp3) is 0.429. The van der Waals surface area contributed by atoms with Crippen molar-refractivity contribution in [3.63, 3.8) is 0 Å². The number of carbonyl (C=O) groups excluding carboxylic acids is 2. The fourth-order valence-corrected chi connectivity index (χ4v) is 1.82. The zero-order valence-corrected chi connectivity index (χ0v) is 12.6. The van der Waals surface area contributed by atoms with Crippen molar-refractivity contribution in [1.29, 1.82) is 0 Å². The van der Waals surface area contributed by atoms with Gasteiger partial charge in [0.2, 0.25) is 0 Å². The summed E-state index contributed by atoms with van der Waals surface area (Å²) in [5.74, 6) is -1.87. The van der Waals surface area contributed by atoms with Crippen molar-refractivity contribution >= 4 is 17.6 Å². The first-order valence-electron chi connectivity index (χ1n) is 6.81. The lowest BCUT2D eigenvalue weighted by atomic mass is 10.0. The molecule has 1 aromatic carbocycles. The summed E-state index contributed by atoms with van der Waals surface area (Å²) in [5, 5.41) is 30.8. The van der Waals surface area contributed by atoms with Gasteiger partial charge in [0.25, 0.3) is 5.69 Å². The van der Waals surface area contributed by atoms with Gasteiger partial charge in [-0.1, -0.05) is 0 Å². The van der Waals surface area contributed by atoms with E-state index < -0.39 is 34.8 Å². The van der Waals surface area contributed by atoms with Gasteiger partial charge in [0.1, 0.15) is 6.10 Å². The van der Waals surface area contributed by atoms with E-state index in [4.69, 9.17) is 4.74 Å². The van der Waals surface area contributed by atoms with Crippen molar-refractivity contribution in [2.24, 2.45) is 0 Å². The van der Waals surface area contributed by atoms with Gasteiger partial charge in [0.15, 0.2) is 6.10 Å². The Kier molecular flexibility index (Phi) is 6.61. The number of rotatable bonds is 7. The van der Waals surface area contributed by atoms with E-state index in [1.54, 1.807) is 6.92 Å². The maximum absolute atomic E-state index is 11.6. The van der Waals surface area contributed by atoms with Crippen molar-refractivity contribution in [3.05, 3.63) is 39.4 Å². The average molecular weight is 327 g/mol. The van der Waals surface area contributed by atoms with Gasteiger partial charge in [-0.3, -0.25) is 10.1 Å². The van der Waals surface area contributed by atoms with Gasteiger partial charge in [-0.25, -0.2) is 9.59 Å². The van der Waals surface area contributed by atoms with Crippen LogP contribution in [-0.4, -0.2) is 46.4 Å². The van der Waals surface area contributed by atoms with Crippen LogP contribution in [0.5, 0.6) is 0 Å². The molecule has 1 aromatic rings. The van der Waals surface area contributed by atoms with Crippen molar-refractivity contribution in [3.8, 4) is 0 Å². The molecule has 0 aromatic heterocycles. The number of hydrogen-bond donors (Lipinski definition) is 2. The van der Waals surface area contributed by atoms with Crippen LogP contribution in [0.25, 0.3) is 0 Å². The Hall–Kier alpha value is -2.52. The first-order chi connectivity index (χ1) is 10.8. The lowest BCUT2D eigenvalue weighted by molar-refractivity contribution is -0.386. The van der Waals surface area contributed by atoms with Crippen LogP contribution >= 0.6 is 0 Å². The lowest BCUT2D eigenvalue weighted by Gasteiger charge is -2.17. The van der Waals surface area contributed by atoms with E-state index >= 15 is 0 Å². The molecule has 0 bridgehead atoms. The first kappa shape index (κ1) is 18.5. The van der Waals surface area contributed by atoms with Gasteiger partial charge < -0.3 is 19.7 Å². The van der Waals surface area contributed by atoms with Gasteiger partial charge in [-0.15, -0.1) is 0 Å². The second kappa shape index (κ2) is 8.20. The number of ether oxygens (including phenoxy) is 2. The van der Waals surface area contributed by atoms with Gasteiger partial charge in [0.05, 0.1) is 29.3 Å². The molecule has 2 atom stereocenters. The van der Waals surface area contributed by atoms with Gasteiger partial charge in [-0.2, -0.15) is 0 Å². The van der Waals surface area contributed by atoms with Crippen molar-refractivity contribution < 1.29 is 34.2 Å². The minimum absolute atomic E-state index is 0.0213. The highest BCUT2D eigenvalue weighted by Crippen LogP contribution is 2.29. The first-order valence-corrected chi connectivity index (χ1v) is 6.81. The van der Waals surface area contributed by atoms with Crippen LogP contribution in [0, 0.1) is 10.1 Å². The zero-order valence-electron chi connectivity index (χ0n) is 12.6. The second-order valence-corrected chi connectivity index (χ2v) is 4.39. The third-order valence-corrected chi connectivity index (χ3v) is 2.88. The van der Waals surface area contributed by atoms with E-state index in [1.165, 1.54) is 13.0 Å². The number of nitrogens with zero attached hydrogens (tertiary/aromatic N) is 1. The topological polar surface area (TPSA) is 136 Å². The third-order valence-electron chi connectivity index (χ3n) is 2.88. The highest BCUT2D eigenvalue weighted by Gasteiger charge is 2.32. The summed E-state index contributed by atoms with van der Waals surface area (Å²) in [6.45, 7) is 3.17. The number of esters is 2. The lowest BCUT2D eigenvalue weighted by Crippen LogP contribution is -2.30. The molecule has 0 aliphatic heterocycles. The molecule has 9 heteroatoms. The Bertz CT molecular complexity index is 600. The monoisotopic (exact) mass is 327 g/mol. The molecule has 0 spiro atoms. The Morgan fingerprint density at radius 3 is 2.35 bits per heavy atom. The minimum atomic E-state index is -1.98. The molecule has 0 amide bonds. The maximum Gasteiger partial charge on any atom is 0.338 e. The van der Waals surface area contributed by atoms with Crippen molar-refractivity contribution in [2.45, 2.75) is 26.1 Å². The molecule has 0 fully saturated rings. The molecule has 9 nitrogen and oxygen atoms in total. The van der Waals surface area contributed by atoms with Gasteiger partial charge in [0, 0.05) is 6.07 Å². The van der Waals surface area contributed by atoms with E-state index in [9.17, 15) is 29.9 Å². The van der Waals surface area contributed by atoms with Crippen LogP contribution in [0.2, 0.25) is 0 Å². The second-order valence-electron chi connectivity index (χ2n) is 4.39. The van der Waals surface area contributed by atoms with Crippen molar-refractivity contribution in [1.82, 2.24) is 0 Å². The molecule has 2 N–H and O–H groups in total. The van der Waals surface area contributed by atoms with E-state index in [0.717, 1.165) is 12.1 Å². The normalized spacial score (nSPS) is 13.0. The largest absolute Gasteiger partial charge is 0.464 e. The molecule has 0 saturated heterocycles. The molecule has 0 radical (unpaired) electrons. The maximum atomic E-state index is 11.6. The molecule has 0 saturated carbocycles. The summed E-state index contributed by atoms with van der Waals surface area (Å²) in [6, 6.07) is 3.19.